The zero-order chi connectivity index (χ0) is 13.7. The van der Waals surface area contributed by atoms with Crippen LogP contribution in [0.1, 0.15) is 30.0 Å². The zero-order valence-corrected chi connectivity index (χ0v) is 11.7. The molecule has 0 unspecified atom stereocenters. The molecule has 0 aliphatic rings. The Balaban J connectivity index is 1.98. The molecule has 2 heterocycles. The summed E-state index contributed by atoms with van der Waals surface area (Å²) < 4.78 is 10.8. The van der Waals surface area contributed by atoms with E-state index in [9.17, 15) is 0 Å². The van der Waals surface area contributed by atoms with E-state index in [1.54, 1.807) is 7.11 Å². The van der Waals surface area contributed by atoms with Crippen molar-refractivity contribution < 1.29 is 9.15 Å². The van der Waals surface area contributed by atoms with Crippen LogP contribution in [0.5, 0.6) is 0 Å². The molecule has 0 amide bonds. The van der Waals surface area contributed by atoms with Crippen molar-refractivity contribution in [1.82, 2.24) is 9.88 Å². The van der Waals surface area contributed by atoms with Crippen LogP contribution in [0, 0.1) is 0 Å². The van der Waals surface area contributed by atoms with Crippen molar-refractivity contribution in [3.63, 3.8) is 0 Å². The summed E-state index contributed by atoms with van der Waals surface area (Å²) in [6.07, 6.45) is 3.65. The fourth-order valence-corrected chi connectivity index (χ4v) is 2.01. The normalized spacial score (nSPS) is 12.8. The van der Waals surface area contributed by atoms with Gasteiger partial charge in [-0.05, 0) is 43.8 Å². The van der Waals surface area contributed by atoms with Crippen LogP contribution in [0.4, 0.5) is 0 Å². The van der Waals surface area contributed by atoms with Gasteiger partial charge in [0, 0.05) is 25.5 Å². The number of furan rings is 1. The molecule has 0 aliphatic heterocycles. The molecule has 0 aliphatic carbocycles. The number of hydrogen-bond donors (Lipinski definition) is 0. The first-order valence-electron chi connectivity index (χ1n) is 6.37. The van der Waals surface area contributed by atoms with Crippen LogP contribution in [-0.4, -0.2) is 24.0 Å². The van der Waals surface area contributed by atoms with Crippen LogP contribution < -0.4 is 0 Å². The van der Waals surface area contributed by atoms with Gasteiger partial charge in [-0.1, -0.05) is 0 Å². The van der Waals surface area contributed by atoms with Gasteiger partial charge in [-0.15, -0.1) is 0 Å². The van der Waals surface area contributed by atoms with Gasteiger partial charge < -0.3 is 9.15 Å². The molecule has 19 heavy (non-hydrogen) atoms. The summed E-state index contributed by atoms with van der Waals surface area (Å²) in [5.74, 6) is 1.82. The lowest BCUT2D eigenvalue weighted by Crippen LogP contribution is -2.21. The molecule has 0 fully saturated rings. The minimum absolute atomic E-state index is 0.318. The average molecular weight is 260 g/mol. The first-order valence-corrected chi connectivity index (χ1v) is 6.37. The second-order valence-corrected chi connectivity index (χ2v) is 4.67. The molecule has 0 saturated carbocycles. The van der Waals surface area contributed by atoms with E-state index in [1.807, 2.05) is 36.7 Å². The fraction of sp³-hybridized carbons (Fsp3) is 0.400. The van der Waals surface area contributed by atoms with Gasteiger partial charge in [0.1, 0.15) is 18.1 Å². The van der Waals surface area contributed by atoms with Crippen molar-refractivity contribution >= 4 is 0 Å². The van der Waals surface area contributed by atoms with Gasteiger partial charge >= 0.3 is 0 Å². The number of aromatic nitrogens is 1. The fourth-order valence-electron chi connectivity index (χ4n) is 2.01. The minimum atomic E-state index is 0.318. The topological polar surface area (TPSA) is 38.5 Å². The van der Waals surface area contributed by atoms with E-state index in [-0.39, 0.29) is 0 Å². The molecular formula is C15H20N2O2. The number of rotatable bonds is 6. The predicted molar refractivity (Wildman–Crippen MR) is 73.5 cm³/mol. The summed E-state index contributed by atoms with van der Waals surface area (Å²) in [4.78, 5) is 6.28. The van der Waals surface area contributed by atoms with Gasteiger partial charge in [-0.25, -0.2) is 0 Å². The summed E-state index contributed by atoms with van der Waals surface area (Å²) in [7, 11) is 3.75. The molecule has 0 radical (unpaired) electrons. The Labute approximate surface area is 114 Å². The van der Waals surface area contributed by atoms with Crippen molar-refractivity contribution in [3.05, 3.63) is 53.7 Å². The van der Waals surface area contributed by atoms with Crippen LogP contribution in [0.2, 0.25) is 0 Å². The Bertz CT molecular complexity index is 496. The highest BCUT2D eigenvalue weighted by Crippen LogP contribution is 2.20. The van der Waals surface area contributed by atoms with Crippen molar-refractivity contribution in [1.29, 1.82) is 0 Å². The van der Waals surface area contributed by atoms with Crippen LogP contribution in [-0.2, 0) is 17.9 Å². The third-order valence-corrected chi connectivity index (χ3v) is 3.26. The smallest absolute Gasteiger partial charge is 0.129 e. The van der Waals surface area contributed by atoms with E-state index in [2.05, 4.69) is 23.9 Å². The van der Waals surface area contributed by atoms with E-state index in [1.165, 1.54) is 5.56 Å². The number of hydrogen-bond acceptors (Lipinski definition) is 4. The molecule has 0 N–H and O–H groups in total. The number of ether oxygens (including phenoxy) is 1. The second kappa shape index (κ2) is 6.50. The van der Waals surface area contributed by atoms with Gasteiger partial charge in [0.15, 0.2) is 0 Å². The summed E-state index contributed by atoms with van der Waals surface area (Å²) >= 11 is 0. The SMILES string of the molecule is COCc1ccc(CN(C)[C@H](C)c2ccncc2)o1. The summed E-state index contributed by atoms with van der Waals surface area (Å²) in [6, 6.07) is 8.37. The first-order chi connectivity index (χ1) is 9.20. The average Bonchev–Trinajstić information content (AvgIpc) is 2.86. The lowest BCUT2D eigenvalue weighted by molar-refractivity contribution is 0.158. The minimum Gasteiger partial charge on any atom is -0.462 e. The first kappa shape index (κ1) is 13.8. The molecule has 102 valence electrons. The highest BCUT2D eigenvalue weighted by Gasteiger charge is 2.13. The number of methoxy groups -OCH3 is 1. The molecule has 2 aromatic rings. The third-order valence-electron chi connectivity index (χ3n) is 3.26. The highest BCUT2D eigenvalue weighted by atomic mass is 16.5. The van der Waals surface area contributed by atoms with Crippen LogP contribution in [0.3, 0.4) is 0 Å². The molecule has 0 bridgehead atoms. The lowest BCUT2D eigenvalue weighted by Gasteiger charge is -2.23. The highest BCUT2D eigenvalue weighted by molar-refractivity contribution is 5.14. The molecule has 4 nitrogen and oxygen atoms in total. The van der Waals surface area contributed by atoms with E-state index in [4.69, 9.17) is 9.15 Å². The maximum Gasteiger partial charge on any atom is 0.129 e. The Morgan fingerprint density at radius 2 is 1.89 bits per heavy atom. The largest absolute Gasteiger partial charge is 0.462 e. The van der Waals surface area contributed by atoms with Gasteiger partial charge in [0.05, 0.1) is 6.54 Å². The van der Waals surface area contributed by atoms with E-state index < -0.39 is 0 Å². The third kappa shape index (κ3) is 3.66. The number of pyridine rings is 1. The van der Waals surface area contributed by atoms with E-state index in [0.29, 0.717) is 12.6 Å². The van der Waals surface area contributed by atoms with E-state index in [0.717, 1.165) is 18.1 Å². The van der Waals surface area contributed by atoms with Gasteiger partial charge in [0.2, 0.25) is 0 Å². The molecule has 2 rings (SSSR count). The maximum absolute atomic E-state index is 5.70. The zero-order valence-electron chi connectivity index (χ0n) is 11.7. The second-order valence-electron chi connectivity index (χ2n) is 4.67. The van der Waals surface area contributed by atoms with Crippen LogP contribution in [0.15, 0.2) is 41.1 Å². The monoisotopic (exact) mass is 260 g/mol. The molecule has 0 saturated heterocycles. The molecule has 1 atom stereocenters. The van der Waals surface area contributed by atoms with Crippen molar-refractivity contribution in [3.8, 4) is 0 Å². The molecule has 2 aromatic heterocycles. The molecular weight excluding hydrogens is 240 g/mol. The predicted octanol–water partition coefficient (Wildman–Crippen LogP) is 3.01. The standard InChI is InChI=1S/C15H20N2O2/c1-12(13-6-8-16-9-7-13)17(2)10-14-4-5-15(19-14)11-18-3/h4-9,12H,10-11H2,1-3H3/t12-/m1/s1. The number of nitrogens with zero attached hydrogens (tertiary/aromatic N) is 2. The van der Waals surface area contributed by atoms with Crippen molar-refractivity contribution in [2.75, 3.05) is 14.2 Å². The van der Waals surface area contributed by atoms with Crippen molar-refractivity contribution in [2.24, 2.45) is 0 Å². The summed E-state index contributed by atoms with van der Waals surface area (Å²) in [5, 5.41) is 0. The van der Waals surface area contributed by atoms with Gasteiger partial charge in [0.25, 0.3) is 0 Å². The molecule has 4 heteroatoms. The van der Waals surface area contributed by atoms with Crippen LogP contribution in [0.25, 0.3) is 0 Å². The van der Waals surface area contributed by atoms with Crippen molar-refractivity contribution in [2.45, 2.75) is 26.1 Å². The molecule has 0 aromatic carbocycles. The van der Waals surface area contributed by atoms with Gasteiger partial charge in [-0.3, -0.25) is 9.88 Å². The van der Waals surface area contributed by atoms with Crippen LogP contribution >= 0.6 is 0 Å². The lowest BCUT2D eigenvalue weighted by atomic mass is 10.1. The Morgan fingerprint density at radius 3 is 2.58 bits per heavy atom. The quantitative estimate of drug-likeness (QED) is 0.800. The van der Waals surface area contributed by atoms with Gasteiger partial charge in [-0.2, -0.15) is 0 Å². The van der Waals surface area contributed by atoms with E-state index >= 15 is 0 Å². The molecule has 0 spiro atoms. The Kier molecular flexibility index (Phi) is 4.71. The Morgan fingerprint density at radius 1 is 1.21 bits per heavy atom. The Hall–Kier alpha value is -1.65. The summed E-state index contributed by atoms with van der Waals surface area (Å²) in [5.41, 5.74) is 1.25. The maximum atomic E-state index is 5.70. The summed E-state index contributed by atoms with van der Waals surface area (Å²) in [6.45, 7) is 3.46.